The van der Waals surface area contributed by atoms with Crippen molar-refractivity contribution in [1.82, 2.24) is 0 Å². The van der Waals surface area contributed by atoms with Crippen LogP contribution in [0.3, 0.4) is 0 Å². The van der Waals surface area contributed by atoms with E-state index in [1.165, 1.54) is 12.8 Å². The summed E-state index contributed by atoms with van der Waals surface area (Å²) < 4.78 is 5.40. The number of nitrogens with two attached hydrogens (primary N) is 1. The summed E-state index contributed by atoms with van der Waals surface area (Å²) in [6, 6.07) is 0.398. The highest BCUT2D eigenvalue weighted by Gasteiger charge is 2.47. The van der Waals surface area contributed by atoms with Gasteiger partial charge in [0, 0.05) is 0 Å². The van der Waals surface area contributed by atoms with Crippen LogP contribution in [0.15, 0.2) is 4.99 Å². The molecule has 0 aromatic rings. The summed E-state index contributed by atoms with van der Waals surface area (Å²) in [6.07, 6.45) is 3.72. The van der Waals surface area contributed by atoms with E-state index in [-0.39, 0.29) is 5.54 Å². The Hall–Kier alpha value is -0.730. The van der Waals surface area contributed by atoms with Crippen LogP contribution in [0.2, 0.25) is 0 Å². The van der Waals surface area contributed by atoms with Crippen LogP contribution in [0.4, 0.5) is 0 Å². The molecule has 2 aliphatic rings. The Morgan fingerprint density at radius 1 is 1.47 bits per heavy atom. The molecule has 2 rings (SSSR count). The van der Waals surface area contributed by atoms with Crippen molar-refractivity contribution in [2.45, 2.75) is 45.6 Å². The molecule has 1 heterocycles. The van der Waals surface area contributed by atoms with Gasteiger partial charge in [0.15, 0.2) is 0 Å². The summed E-state index contributed by atoms with van der Waals surface area (Å²) >= 11 is 0. The van der Waals surface area contributed by atoms with E-state index in [9.17, 15) is 0 Å². The number of hydrogen-bond acceptors (Lipinski definition) is 3. The fourth-order valence-corrected chi connectivity index (χ4v) is 3.32. The van der Waals surface area contributed by atoms with Gasteiger partial charge < -0.3 is 10.5 Å². The average Bonchev–Trinajstić information content (AvgIpc) is 2.47. The molecule has 0 bridgehead atoms. The van der Waals surface area contributed by atoms with E-state index >= 15 is 0 Å². The number of nitrogens with zero attached hydrogens (tertiary/aromatic N) is 1. The van der Waals surface area contributed by atoms with E-state index in [2.05, 4.69) is 25.8 Å². The van der Waals surface area contributed by atoms with Gasteiger partial charge in [-0.05, 0) is 30.6 Å². The van der Waals surface area contributed by atoms with E-state index in [1.54, 1.807) is 0 Å². The molecule has 1 aliphatic heterocycles. The van der Waals surface area contributed by atoms with E-state index < -0.39 is 0 Å². The third kappa shape index (κ3) is 1.84. The second kappa shape index (κ2) is 3.69. The largest absolute Gasteiger partial charge is 0.463 e. The molecule has 0 radical (unpaired) electrons. The van der Waals surface area contributed by atoms with Gasteiger partial charge in [-0.1, -0.05) is 27.2 Å². The van der Waals surface area contributed by atoms with Crippen LogP contribution in [0.1, 0.15) is 40.0 Å². The maximum absolute atomic E-state index is 5.68. The van der Waals surface area contributed by atoms with Crippen LogP contribution in [-0.4, -0.2) is 18.2 Å². The average molecular weight is 210 g/mol. The van der Waals surface area contributed by atoms with Crippen molar-refractivity contribution in [3.8, 4) is 0 Å². The third-order valence-corrected chi connectivity index (χ3v) is 3.97. The summed E-state index contributed by atoms with van der Waals surface area (Å²) in [6.45, 7) is 7.58. The molecule has 15 heavy (non-hydrogen) atoms. The molecule has 0 aromatic carbocycles. The van der Waals surface area contributed by atoms with Crippen LogP contribution >= 0.6 is 0 Å². The van der Waals surface area contributed by atoms with Crippen molar-refractivity contribution >= 4 is 6.02 Å². The Balaban J connectivity index is 2.24. The highest BCUT2D eigenvalue weighted by Crippen LogP contribution is 2.45. The number of ether oxygens (including phenoxy) is 1. The van der Waals surface area contributed by atoms with E-state index in [1.807, 2.05) is 0 Å². The third-order valence-electron chi connectivity index (χ3n) is 3.97. The van der Waals surface area contributed by atoms with E-state index in [0.717, 1.165) is 12.3 Å². The normalized spacial score (nSPS) is 40.7. The van der Waals surface area contributed by atoms with Gasteiger partial charge in [-0.25, -0.2) is 4.99 Å². The van der Waals surface area contributed by atoms with Gasteiger partial charge in [0.25, 0.3) is 6.02 Å². The Kier molecular flexibility index (Phi) is 2.65. The molecular weight excluding hydrogens is 188 g/mol. The molecule has 0 saturated heterocycles. The summed E-state index contributed by atoms with van der Waals surface area (Å²) in [7, 11) is 0. The SMILES string of the molecule is CC1CCC(C(C)C)C2(COC(N)=N2)C1. The van der Waals surface area contributed by atoms with Gasteiger partial charge in [-0.2, -0.15) is 0 Å². The lowest BCUT2D eigenvalue weighted by molar-refractivity contribution is 0.0832. The van der Waals surface area contributed by atoms with Crippen LogP contribution in [0, 0.1) is 17.8 Å². The maximum Gasteiger partial charge on any atom is 0.282 e. The second-order valence-corrected chi connectivity index (χ2v) is 5.58. The lowest BCUT2D eigenvalue weighted by atomic mass is 9.66. The summed E-state index contributed by atoms with van der Waals surface area (Å²) in [5.74, 6) is 2.05. The van der Waals surface area contributed by atoms with Crippen molar-refractivity contribution in [1.29, 1.82) is 0 Å². The zero-order valence-electron chi connectivity index (χ0n) is 9.99. The maximum atomic E-state index is 5.68. The Labute approximate surface area is 92.1 Å². The molecule has 1 fully saturated rings. The first-order chi connectivity index (χ1) is 7.03. The molecule has 0 amide bonds. The lowest BCUT2D eigenvalue weighted by Gasteiger charge is -2.42. The van der Waals surface area contributed by atoms with Gasteiger partial charge >= 0.3 is 0 Å². The summed E-state index contributed by atoms with van der Waals surface area (Å²) in [4.78, 5) is 4.60. The first-order valence-corrected chi connectivity index (χ1v) is 6.01. The lowest BCUT2D eigenvalue weighted by Crippen LogP contribution is -2.45. The molecule has 3 nitrogen and oxygen atoms in total. The number of amidine groups is 1. The predicted molar refractivity (Wildman–Crippen MR) is 61.6 cm³/mol. The highest BCUT2D eigenvalue weighted by molar-refractivity contribution is 5.73. The standard InChI is InChI=1S/C12H22N2O/c1-8(2)10-5-4-9(3)6-12(10)7-15-11(13)14-12/h8-10H,4-7H2,1-3H3,(H2,13,14). The molecular formula is C12H22N2O. The number of rotatable bonds is 1. The van der Waals surface area contributed by atoms with Crippen LogP contribution < -0.4 is 5.73 Å². The molecule has 1 spiro atoms. The Morgan fingerprint density at radius 2 is 2.20 bits per heavy atom. The molecule has 0 aromatic heterocycles. The molecule has 1 saturated carbocycles. The van der Waals surface area contributed by atoms with Crippen molar-refractivity contribution < 1.29 is 4.74 Å². The van der Waals surface area contributed by atoms with Crippen molar-refractivity contribution in [2.75, 3.05) is 6.61 Å². The Morgan fingerprint density at radius 3 is 2.73 bits per heavy atom. The smallest absolute Gasteiger partial charge is 0.282 e. The van der Waals surface area contributed by atoms with E-state index in [4.69, 9.17) is 10.5 Å². The zero-order chi connectivity index (χ0) is 11.1. The second-order valence-electron chi connectivity index (χ2n) is 5.58. The van der Waals surface area contributed by atoms with Crippen LogP contribution in [-0.2, 0) is 4.74 Å². The fraction of sp³-hybridized carbons (Fsp3) is 0.917. The van der Waals surface area contributed by atoms with Gasteiger partial charge in [0.05, 0.1) is 0 Å². The molecule has 1 aliphatic carbocycles. The fourth-order valence-electron chi connectivity index (χ4n) is 3.32. The first kappa shape index (κ1) is 10.8. The molecule has 3 unspecified atom stereocenters. The molecule has 2 N–H and O–H groups in total. The number of aliphatic imine (C=N–C) groups is 1. The zero-order valence-corrected chi connectivity index (χ0v) is 9.99. The first-order valence-electron chi connectivity index (χ1n) is 6.01. The van der Waals surface area contributed by atoms with Crippen molar-refractivity contribution in [3.63, 3.8) is 0 Å². The van der Waals surface area contributed by atoms with Gasteiger partial charge in [-0.15, -0.1) is 0 Å². The topological polar surface area (TPSA) is 47.6 Å². The minimum atomic E-state index is -0.00405. The number of hydrogen-bond donors (Lipinski definition) is 1. The minimum absolute atomic E-state index is 0.00405. The van der Waals surface area contributed by atoms with Gasteiger partial charge in [0.2, 0.25) is 0 Å². The van der Waals surface area contributed by atoms with Crippen LogP contribution in [0.25, 0.3) is 0 Å². The van der Waals surface area contributed by atoms with Crippen molar-refractivity contribution in [3.05, 3.63) is 0 Å². The quantitative estimate of drug-likeness (QED) is 0.721. The van der Waals surface area contributed by atoms with Crippen LogP contribution in [0.5, 0.6) is 0 Å². The molecule has 3 heteroatoms. The minimum Gasteiger partial charge on any atom is -0.463 e. The highest BCUT2D eigenvalue weighted by atomic mass is 16.5. The summed E-state index contributed by atoms with van der Waals surface area (Å²) in [5.41, 5.74) is 5.67. The van der Waals surface area contributed by atoms with Crippen molar-refractivity contribution in [2.24, 2.45) is 28.5 Å². The molecule has 86 valence electrons. The monoisotopic (exact) mass is 210 g/mol. The van der Waals surface area contributed by atoms with E-state index in [0.29, 0.717) is 24.5 Å². The van der Waals surface area contributed by atoms with Gasteiger partial charge in [-0.3, -0.25) is 0 Å². The van der Waals surface area contributed by atoms with Gasteiger partial charge in [0.1, 0.15) is 12.1 Å². The molecule has 3 atom stereocenters. The Bertz CT molecular complexity index is 275. The summed E-state index contributed by atoms with van der Waals surface area (Å²) in [5, 5.41) is 0. The predicted octanol–water partition coefficient (Wildman–Crippen LogP) is 2.16.